The van der Waals surface area contributed by atoms with Crippen LogP contribution in [0, 0.1) is 5.82 Å². The molecule has 18 heavy (non-hydrogen) atoms. The van der Waals surface area contributed by atoms with Gasteiger partial charge < -0.3 is 10.3 Å². The van der Waals surface area contributed by atoms with Gasteiger partial charge in [-0.2, -0.15) is 4.98 Å². The largest absolute Gasteiger partial charge is 0.339 e. The van der Waals surface area contributed by atoms with Crippen molar-refractivity contribution in [1.82, 2.24) is 10.1 Å². The van der Waals surface area contributed by atoms with Gasteiger partial charge in [-0.1, -0.05) is 24.2 Å². The summed E-state index contributed by atoms with van der Waals surface area (Å²) in [5.41, 5.74) is 6.22. The SMILES string of the molecule is CCc1nc(C(C)(N)Cc2cccc(F)c2)no1. The van der Waals surface area contributed by atoms with Crippen LogP contribution in [0.2, 0.25) is 0 Å². The molecule has 0 aliphatic carbocycles. The summed E-state index contributed by atoms with van der Waals surface area (Å²) in [5, 5.41) is 3.87. The van der Waals surface area contributed by atoms with E-state index in [1.165, 1.54) is 12.1 Å². The maximum absolute atomic E-state index is 13.1. The first-order valence-electron chi connectivity index (χ1n) is 5.87. The van der Waals surface area contributed by atoms with Crippen molar-refractivity contribution < 1.29 is 8.91 Å². The Morgan fingerprint density at radius 3 is 2.83 bits per heavy atom. The summed E-state index contributed by atoms with van der Waals surface area (Å²) in [6, 6.07) is 6.36. The van der Waals surface area contributed by atoms with Crippen LogP contribution in [0.1, 0.15) is 31.1 Å². The summed E-state index contributed by atoms with van der Waals surface area (Å²) in [6.45, 7) is 3.74. The standard InChI is InChI=1S/C13H16FN3O/c1-3-11-16-12(17-18-11)13(2,15)8-9-5-4-6-10(14)7-9/h4-7H,3,8,15H2,1-2H3. The van der Waals surface area contributed by atoms with Gasteiger partial charge in [0.2, 0.25) is 5.89 Å². The minimum absolute atomic E-state index is 0.273. The minimum atomic E-state index is -0.773. The number of hydrogen-bond donors (Lipinski definition) is 1. The summed E-state index contributed by atoms with van der Waals surface area (Å²) < 4.78 is 18.2. The Kier molecular flexibility index (Phi) is 3.43. The smallest absolute Gasteiger partial charge is 0.226 e. The van der Waals surface area contributed by atoms with E-state index in [0.717, 1.165) is 5.56 Å². The highest BCUT2D eigenvalue weighted by molar-refractivity contribution is 5.20. The van der Waals surface area contributed by atoms with Gasteiger partial charge in [0.15, 0.2) is 5.82 Å². The van der Waals surface area contributed by atoms with Gasteiger partial charge in [0.25, 0.3) is 0 Å². The quantitative estimate of drug-likeness (QED) is 0.902. The van der Waals surface area contributed by atoms with Crippen molar-refractivity contribution in [2.75, 3.05) is 0 Å². The van der Waals surface area contributed by atoms with E-state index in [1.807, 2.05) is 19.9 Å². The molecule has 0 radical (unpaired) electrons. The van der Waals surface area contributed by atoms with E-state index in [-0.39, 0.29) is 5.82 Å². The molecule has 0 saturated carbocycles. The van der Waals surface area contributed by atoms with E-state index in [0.29, 0.717) is 24.6 Å². The molecule has 2 aromatic rings. The molecule has 5 heteroatoms. The summed E-state index contributed by atoms with van der Waals surface area (Å²) in [4.78, 5) is 4.22. The van der Waals surface area contributed by atoms with Gasteiger partial charge in [0.1, 0.15) is 5.82 Å². The van der Waals surface area contributed by atoms with E-state index >= 15 is 0 Å². The monoisotopic (exact) mass is 249 g/mol. The molecule has 0 fully saturated rings. The van der Waals surface area contributed by atoms with Crippen LogP contribution >= 0.6 is 0 Å². The second-order valence-electron chi connectivity index (χ2n) is 4.59. The molecule has 2 N–H and O–H groups in total. The lowest BCUT2D eigenvalue weighted by molar-refractivity contribution is 0.356. The third kappa shape index (κ3) is 2.73. The predicted molar refractivity (Wildman–Crippen MR) is 65.3 cm³/mol. The maximum atomic E-state index is 13.1. The summed E-state index contributed by atoms with van der Waals surface area (Å²) in [7, 11) is 0. The third-order valence-electron chi connectivity index (χ3n) is 2.74. The molecule has 1 atom stereocenters. The average Bonchev–Trinajstić information content (AvgIpc) is 2.77. The Labute approximate surface area is 105 Å². The second-order valence-corrected chi connectivity index (χ2v) is 4.59. The fourth-order valence-electron chi connectivity index (χ4n) is 1.78. The fraction of sp³-hybridized carbons (Fsp3) is 0.385. The molecule has 1 aromatic heterocycles. The Morgan fingerprint density at radius 2 is 2.22 bits per heavy atom. The first-order valence-corrected chi connectivity index (χ1v) is 5.87. The van der Waals surface area contributed by atoms with Crippen molar-refractivity contribution in [2.45, 2.75) is 32.2 Å². The predicted octanol–water partition coefficient (Wildman–Crippen LogP) is 2.19. The molecule has 1 aromatic carbocycles. The first kappa shape index (κ1) is 12.7. The van der Waals surface area contributed by atoms with E-state index in [9.17, 15) is 4.39 Å². The molecule has 1 unspecified atom stereocenters. The number of benzene rings is 1. The molecule has 0 saturated heterocycles. The van der Waals surface area contributed by atoms with Gasteiger partial charge in [-0.25, -0.2) is 4.39 Å². The van der Waals surface area contributed by atoms with Crippen molar-refractivity contribution in [2.24, 2.45) is 5.73 Å². The van der Waals surface area contributed by atoms with Crippen LogP contribution in [-0.4, -0.2) is 10.1 Å². The van der Waals surface area contributed by atoms with Crippen molar-refractivity contribution in [3.8, 4) is 0 Å². The zero-order chi connectivity index (χ0) is 13.2. The molecular formula is C13H16FN3O. The molecule has 0 aliphatic rings. The van der Waals surface area contributed by atoms with E-state index < -0.39 is 5.54 Å². The van der Waals surface area contributed by atoms with Gasteiger partial charge in [0, 0.05) is 6.42 Å². The van der Waals surface area contributed by atoms with E-state index in [1.54, 1.807) is 6.07 Å². The van der Waals surface area contributed by atoms with Gasteiger partial charge in [-0.3, -0.25) is 0 Å². The van der Waals surface area contributed by atoms with E-state index in [2.05, 4.69) is 10.1 Å². The van der Waals surface area contributed by atoms with Gasteiger partial charge >= 0.3 is 0 Å². The van der Waals surface area contributed by atoms with Gasteiger partial charge in [-0.15, -0.1) is 0 Å². The fourth-order valence-corrected chi connectivity index (χ4v) is 1.78. The Bertz CT molecular complexity index is 537. The number of aromatic nitrogens is 2. The van der Waals surface area contributed by atoms with Crippen molar-refractivity contribution in [3.05, 3.63) is 47.4 Å². The lowest BCUT2D eigenvalue weighted by atomic mass is 9.93. The molecule has 96 valence electrons. The van der Waals surface area contributed by atoms with E-state index in [4.69, 9.17) is 10.3 Å². The maximum Gasteiger partial charge on any atom is 0.226 e. The van der Waals surface area contributed by atoms with Crippen LogP contribution in [0.15, 0.2) is 28.8 Å². The number of nitrogens with two attached hydrogens (primary N) is 1. The zero-order valence-electron chi connectivity index (χ0n) is 10.5. The van der Waals surface area contributed by atoms with Crippen molar-refractivity contribution >= 4 is 0 Å². The minimum Gasteiger partial charge on any atom is -0.339 e. The van der Waals surface area contributed by atoms with Crippen LogP contribution in [0.3, 0.4) is 0 Å². The molecule has 0 spiro atoms. The van der Waals surface area contributed by atoms with Crippen LogP contribution in [-0.2, 0) is 18.4 Å². The zero-order valence-corrected chi connectivity index (χ0v) is 10.5. The number of halogens is 1. The summed E-state index contributed by atoms with van der Waals surface area (Å²) in [6.07, 6.45) is 1.12. The molecule has 1 heterocycles. The molecule has 0 aliphatic heterocycles. The first-order chi connectivity index (χ1) is 8.51. The Balaban J connectivity index is 2.20. The van der Waals surface area contributed by atoms with Crippen LogP contribution < -0.4 is 5.73 Å². The number of rotatable bonds is 4. The lowest BCUT2D eigenvalue weighted by Crippen LogP contribution is -2.36. The highest BCUT2D eigenvalue weighted by atomic mass is 19.1. The normalized spacial score (nSPS) is 14.4. The number of nitrogens with zero attached hydrogens (tertiary/aromatic N) is 2. The van der Waals surface area contributed by atoms with Gasteiger partial charge in [-0.05, 0) is 31.0 Å². The number of hydrogen-bond acceptors (Lipinski definition) is 4. The molecule has 2 rings (SSSR count). The third-order valence-corrected chi connectivity index (χ3v) is 2.74. The van der Waals surface area contributed by atoms with Crippen LogP contribution in [0.5, 0.6) is 0 Å². The van der Waals surface area contributed by atoms with Crippen molar-refractivity contribution in [1.29, 1.82) is 0 Å². The van der Waals surface area contributed by atoms with Crippen LogP contribution in [0.25, 0.3) is 0 Å². The Hall–Kier alpha value is -1.75. The molecule has 0 amide bonds. The second kappa shape index (κ2) is 4.86. The highest BCUT2D eigenvalue weighted by Gasteiger charge is 2.27. The highest BCUT2D eigenvalue weighted by Crippen LogP contribution is 2.20. The van der Waals surface area contributed by atoms with Crippen molar-refractivity contribution in [3.63, 3.8) is 0 Å². The summed E-state index contributed by atoms with van der Waals surface area (Å²) >= 11 is 0. The summed E-state index contributed by atoms with van der Waals surface area (Å²) in [5.74, 6) is 0.732. The van der Waals surface area contributed by atoms with Crippen LogP contribution in [0.4, 0.5) is 4.39 Å². The molecular weight excluding hydrogens is 233 g/mol. The molecule has 4 nitrogen and oxygen atoms in total. The topological polar surface area (TPSA) is 64.9 Å². The lowest BCUT2D eigenvalue weighted by Gasteiger charge is -2.20. The average molecular weight is 249 g/mol. The van der Waals surface area contributed by atoms with Gasteiger partial charge in [0.05, 0.1) is 5.54 Å². The molecule has 0 bridgehead atoms. The Morgan fingerprint density at radius 1 is 1.44 bits per heavy atom. The number of aryl methyl sites for hydroxylation is 1.